The second-order valence-corrected chi connectivity index (χ2v) is 17.3. The number of esters is 1. The van der Waals surface area contributed by atoms with E-state index in [2.05, 4.69) is 17.0 Å². The molecule has 0 N–H and O–H groups in total. The van der Waals surface area contributed by atoms with Crippen molar-refractivity contribution in [3.8, 4) is 0 Å². The zero-order valence-corrected chi connectivity index (χ0v) is 29.5. The van der Waals surface area contributed by atoms with E-state index in [-0.39, 0.29) is 32.3 Å². The molecule has 1 aromatic rings. The van der Waals surface area contributed by atoms with Gasteiger partial charge >= 0.3 is 18.2 Å². The van der Waals surface area contributed by atoms with Crippen LogP contribution in [0.2, 0.25) is 0 Å². The number of carbonyl (C=O) groups is 3. The van der Waals surface area contributed by atoms with Gasteiger partial charge in [-0.15, -0.1) is 0 Å². The molecule has 0 aromatic heterocycles. The fourth-order valence-electron chi connectivity index (χ4n) is 5.07. The topological polar surface area (TPSA) is 112 Å². The smallest absolute Gasteiger partial charge is 0.419 e. The van der Waals surface area contributed by atoms with Crippen molar-refractivity contribution in [2.45, 2.75) is 117 Å². The predicted molar refractivity (Wildman–Crippen MR) is 172 cm³/mol. The average Bonchev–Trinajstić information content (AvgIpc) is 2.86. The molecule has 250 valence electrons. The molecule has 44 heavy (non-hydrogen) atoms. The molecule has 1 saturated heterocycles. The van der Waals surface area contributed by atoms with Crippen LogP contribution in [0.15, 0.2) is 30.3 Å². The number of rotatable bonds is 11. The maximum Gasteiger partial charge on any atom is 0.419 e. The summed E-state index contributed by atoms with van der Waals surface area (Å²) in [5.41, 5.74) is -1.24. The minimum absolute atomic E-state index is 0.00484. The molecule has 11 heteroatoms. The molecule has 1 heterocycles. The number of imide groups is 1. The van der Waals surface area contributed by atoms with Gasteiger partial charge in [0.1, 0.15) is 16.8 Å². The molecule has 2 unspecified atom stereocenters. The quantitative estimate of drug-likeness (QED) is 0.107. The van der Waals surface area contributed by atoms with Gasteiger partial charge in [0.25, 0.3) is 0 Å². The molecule has 2 atom stereocenters. The normalized spacial score (nSPS) is 21.4. The summed E-state index contributed by atoms with van der Waals surface area (Å²) >= 11 is 0. The molecule has 0 aliphatic carbocycles. The molecule has 1 aliphatic heterocycles. The van der Waals surface area contributed by atoms with Crippen LogP contribution in [0, 0.1) is 0 Å². The second kappa shape index (κ2) is 15.2. The fraction of sp³-hybridized carbons (Fsp3) is 0.727. The SMILES string of the molecule is CCOP1(=O)CCN(CCc2ccccc2)CC1(CCCCN(C(=O)OC(C)(C)C)C(=O)OC(C)(C)C)C(=O)OC(C)(C)C. The van der Waals surface area contributed by atoms with Crippen LogP contribution in [0.5, 0.6) is 0 Å². The fourth-order valence-corrected chi connectivity index (χ4v) is 8.08. The van der Waals surface area contributed by atoms with Gasteiger partial charge < -0.3 is 23.6 Å². The van der Waals surface area contributed by atoms with Crippen LogP contribution in [0.4, 0.5) is 9.59 Å². The lowest BCUT2D eigenvalue weighted by atomic mass is 9.98. The maximum absolute atomic E-state index is 14.6. The van der Waals surface area contributed by atoms with Gasteiger partial charge in [0.05, 0.1) is 6.61 Å². The minimum Gasteiger partial charge on any atom is -0.459 e. The van der Waals surface area contributed by atoms with Crippen LogP contribution >= 0.6 is 7.37 Å². The molecule has 1 fully saturated rings. The third-order valence-electron chi connectivity index (χ3n) is 6.97. The number of unbranched alkanes of at least 4 members (excludes halogenated alkanes) is 1. The Balaban J connectivity index is 2.33. The zero-order valence-electron chi connectivity index (χ0n) is 28.6. The Morgan fingerprint density at radius 2 is 1.41 bits per heavy atom. The van der Waals surface area contributed by atoms with Gasteiger partial charge in [-0.1, -0.05) is 30.3 Å². The van der Waals surface area contributed by atoms with Crippen LogP contribution in [0.3, 0.4) is 0 Å². The number of carbonyl (C=O) groups excluding carboxylic acids is 3. The summed E-state index contributed by atoms with van der Waals surface area (Å²) in [6.45, 7) is 19.2. The Labute approximate surface area is 264 Å². The summed E-state index contributed by atoms with van der Waals surface area (Å²) in [7, 11) is -3.50. The number of hydrogen-bond acceptors (Lipinski definition) is 9. The van der Waals surface area contributed by atoms with Gasteiger partial charge in [-0.3, -0.25) is 9.36 Å². The third kappa shape index (κ3) is 11.5. The van der Waals surface area contributed by atoms with Crippen LogP contribution < -0.4 is 0 Å². The van der Waals surface area contributed by atoms with E-state index in [9.17, 15) is 18.9 Å². The standard InChI is InChI=1S/C33H55N2O8P/c1-11-40-44(39)24-23-34(22-19-26-17-13-12-14-18-26)25-33(44,27(36)41-30(2,3)4)20-15-16-21-35(28(37)42-31(5,6)7)29(38)43-32(8,9)10/h12-14,17-18H,11,15-16,19-25H2,1-10H3. The molecule has 0 bridgehead atoms. The van der Waals surface area contributed by atoms with Gasteiger partial charge in [-0.05, 0) is 100 Å². The van der Waals surface area contributed by atoms with E-state index in [0.717, 1.165) is 11.3 Å². The molecule has 2 amide bonds. The maximum atomic E-state index is 14.6. The van der Waals surface area contributed by atoms with E-state index in [1.165, 1.54) is 5.56 Å². The summed E-state index contributed by atoms with van der Waals surface area (Å²) in [5, 5.41) is -1.39. The minimum atomic E-state index is -3.50. The largest absolute Gasteiger partial charge is 0.459 e. The first-order valence-corrected chi connectivity index (χ1v) is 17.5. The van der Waals surface area contributed by atoms with Crippen molar-refractivity contribution in [3.05, 3.63) is 35.9 Å². The predicted octanol–water partition coefficient (Wildman–Crippen LogP) is 7.28. The highest BCUT2D eigenvalue weighted by Gasteiger charge is 2.59. The lowest BCUT2D eigenvalue weighted by Gasteiger charge is -2.46. The van der Waals surface area contributed by atoms with Crippen molar-refractivity contribution < 1.29 is 37.7 Å². The van der Waals surface area contributed by atoms with E-state index in [1.807, 2.05) is 18.2 Å². The van der Waals surface area contributed by atoms with Gasteiger partial charge in [0.15, 0.2) is 5.16 Å². The summed E-state index contributed by atoms with van der Waals surface area (Å²) in [6, 6.07) is 10.1. The van der Waals surface area contributed by atoms with Crippen LogP contribution in [-0.2, 0) is 34.5 Å². The zero-order chi connectivity index (χ0) is 33.4. The molecule has 1 aliphatic rings. The Kier molecular flexibility index (Phi) is 13.1. The van der Waals surface area contributed by atoms with Crippen LogP contribution in [0.25, 0.3) is 0 Å². The molecule has 2 rings (SSSR count). The number of nitrogens with zero attached hydrogens (tertiary/aromatic N) is 2. The van der Waals surface area contributed by atoms with E-state index >= 15 is 0 Å². The highest BCUT2D eigenvalue weighted by molar-refractivity contribution is 7.62. The van der Waals surface area contributed by atoms with Crippen molar-refractivity contribution in [2.75, 3.05) is 38.9 Å². The van der Waals surface area contributed by atoms with E-state index in [1.54, 1.807) is 69.2 Å². The molecule has 0 saturated carbocycles. The van der Waals surface area contributed by atoms with Crippen molar-refractivity contribution in [3.63, 3.8) is 0 Å². The van der Waals surface area contributed by atoms with E-state index in [4.69, 9.17) is 18.7 Å². The van der Waals surface area contributed by atoms with Crippen molar-refractivity contribution in [1.29, 1.82) is 0 Å². The monoisotopic (exact) mass is 638 g/mol. The third-order valence-corrected chi connectivity index (χ3v) is 10.3. The first-order valence-electron chi connectivity index (χ1n) is 15.7. The highest BCUT2D eigenvalue weighted by Crippen LogP contribution is 2.63. The number of ether oxygens (including phenoxy) is 3. The van der Waals surface area contributed by atoms with Crippen LogP contribution in [-0.4, -0.2) is 88.9 Å². The summed E-state index contributed by atoms with van der Waals surface area (Å²) in [6.07, 6.45) is 0.320. The number of benzene rings is 1. The Bertz CT molecular complexity index is 1130. The summed E-state index contributed by atoms with van der Waals surface area (Å²) in [4.78, 5) is 43.1. The van der Waals surface area contributed by atoms with Crippen molar-refractivity contribution in [2.24, 2.45) is 0 Å². The molecule has 0 radical (unpaired) electrons. The first-order chi connectivity index (χ1) is 20.2. The molecule has 0 spiro atoms. The Morgan fingerprint density at radius 1 is 0.864 bits per heavy atom. The molecular formula is C33H55N2O8P. The number of hydrogen-bond donors (Lipinski definition) is 0. The summed E-state index contributed by atoms with van der Waals surface area (Å²) in [5.74, 6) is -0.540. The average molecular weight is 639 g/mol. The summed E-state index contributed by atoms with van der Waals surface area (Å²) < 4.78 is 37.4. The van der Waals surface area contributed by atoms with Crippen LogP contribution in [0.1, 0.15) is 94.1 Å². The van der Waals surface area contributed by atoms with E-state index in [0.29, 0.717) is 25.9 Å². The van der Waals surface area contributed by atoms with Crippen molar-refractivity contribution in [1.82, 2.24) is 9.80 Å². The van der Waals surface area contributed by atoms with Gasteiger partial charge in [0, 0.05) is 32.3 Å². The van der Waals surface area contributed by atoms with Gasteiger partial charge in [-0.25, -0.2) is 14.5 Å². The molecule has 10 nitrogen and oxygen atoms in total. The lowest BCUT2D eigenvalue weighted by molar-refractivity contribution is -0.160. The first kappa shape index (κ1) is 37.8. The lowest BCUT2D eigenvalue weighted by Crippen LogP contribution is -2.56. The Morgan fingerprint density at radius 3 is 1.91 bits per heavy atom. The Hall–Kier alpha value is -2.42. The second-order valence-electron chi connectivity index (χ2n) is 14.4. The van der Waals surface area contributed by atoms with Crippen molar-refractivity contribution >= 4 is 25.5 Å². The molecular weight excluding hydrogens is 583 g/mol. The van der Waals surface area contributed by atoms with E-state index < -0.39 is 47.5 Å². The van der Waals surface area contributed by atoms with Gasteiger partial charge in [-0.2, -0.15) is 0 Å². The molecule has 1 aromatic carbocycles. The number of amides is 2. The van der Waals surface area contributed by atoms with Gasteiger partial charge in [0.2, 0.25) is 7.37 Å². The highest BCUT2D eigenvalue weighted by atomic mass is 31.2.